The highest BCUT2D eigenvalue weighted by molar-refractivity contribution is 5.94. The zero-order valence-electron chi connectivity index (χ0n) is 13.9. The number of nitrogens with one attached hydrogen (secondary N) is 1. The van der Waals surface area contributed by atoms with Crippen LogP contribution in [0.25, 0.3) is 0 Å². The zero-order chi connectivity index (χ0) is 17.1. The van der Waals surface area contributed by atoms with E-state index >= 15 is 0 Å². The van der Waals surface area contributed by atoms with E-state index in [0.29, 0.717) is 13.1 Å². The first-order chi connectivity index (χ1) is 11.6. The molecule has 24 heavy (non-hydrogen) atoms. The molecule has 1 amide bonds. The summed E-state index contributed by atoms with van der Waals surface area (Å²) in [5.41, 5.74) is 1.74. The number of hydrogen-bond acceptors (Lipinski definition) is 4. The number of aromatic nitrogens is 1. The van der Waals surface area contributed by atoms with Crippen LogP contribution in [0.5, 0.6) is 5.75 Å². The molecule has 3 rings (SSSR count). The average molecular weight is 327 g/mol. The zero-order valence-corrected chi connectivity index (χ0v) is 13.9. The fourth-order valence-corrected chi connectivity index (χ4v) is 2.87. The van der Waals surface area contributed by atoms with E-state index in [4.69, 9.17) is 4.74 Å². The fraction of sp³-hybridized carbons (Fsp3) is 0.333. The summed E-state index contributed by atoms with van der Waals surface area (Å²) in [5.74, 6) is 0.622. The molecular formula is C18H21N3O3. The number of anilines is 1. The third-order valence-corrected chi connectivity index (χ3v) is 4.29. The Bertz CT molecular complexity index is 775. The van der Waals surface area contributed by atoms with Gasteiger partial charge in [0, 0.05) is 37.6 Å². The first-order valence-electron chi connectivity index (χ1n) is 7.96. The number of pyridine rings is 1. The van der Waals surface area contributed by atoms with Gasteiger partial charge in [-0.3, -0.25) is 9.59 Å². The molecule has 126 valence electrons. The second kappa shape index (κ2) is 6.78. The van der Waals surface area contributed by atoms with Crippen molar-refractivity contribution in [1.82, 2.24) is 9.88 Å². The average Bonchev–Trinajstić information content (AvgIpc) is 2.61. The molecule has 1 aliphatic rings. The lowest BCUT2D eigenvalue weighted by molar-refractivity contribution is 0.0745. The molecule has 0 radical (unpaired) electrons. The minimum absolute atomic E-state index is 0.203. The van der Waals surface area contributed by atoms with Gasteiger partial charge in [-0.05, 0) is 43.3 Å². The molecule has 1 aromatic heterocycles. The predicted octanol–water partition coefficient (Wildman–Crippen LogP) is 1.65. The summed E-state index contributed by atoms with van der Waals surface area (Å²) in [7, 11) is 1.65. The van der Waals surface area contributed by atoms with Crippen molar-refractivity contribution in [2.45, 2.75) is 6.92 Å². The van der Waals surface area contributed by atoms with Gasteiger partial charge in [-0.25, -0.2) is 0 Å². The van der Waals surface area contributed by atoms with E-state index in [9.17, 15) is 9.59 Å². The van der Waals surface area contributed by atoms with Crippen molar-refractivity contribution in [1.29, 1.82) is 0 Å². The first kappa shape index (κ1) is 16.1. The standard InChI is InChI=1S/C18H21N3O3/c1-13-3-8-16(17(22)19-13)18(23)21-11-9-20(10-12-21)14-4-6-15(24-2)7-5-14/h3-8H,9-12H2,1-2H3,(H,19,22). The van der Waals surface area contributed by atoms with Crippen LogP contribution in [0.2, 0.25) is 0 Å². The number of rotatable bonds is 3. The van der Waals surface area contributed by atoms with Gasteiger partial charge in [0.1, 0.15) is 11.3 Å². The van der Waals surface area contributed by atoms with E-state index in [1.165, 1.54) is 0 Å². The number of benzene rings is 1. The van der Waals surface area contributed by atoms with Crippen molar-refractivity contribution in [3.05, 3.63) is 58.0 Å². The second-order valence-corrected chi connectivity index (χ2v) is 5.86. The molecule has 0 atom stereocenters. The van der Waals surface area contributed by atoms with E-state index < -0.39 is 0 Å². The number of nitrogens with zero attached hydrogens (tertiary/aromatic N) is 2. The molecule has 6 heteroatoms. The number of carbonyl (C=O) groups excluding carboxylic acids is 1. The minimum atomic E-state index is -0.322. The number of amides is 1. The number of ether oxygens (including phenoxy) is 1. The van der Waals surface area contributed by atoms with E-state index in [1.807, 2.05) is 24.3 Å². The summed E-state index contributed by atoms with van der Waals surface area (Å²) in [4.78, 5) is 31.1. The van der Waals surface area contributed by atoms with Crippen LogP contribution in [0, 0.1) is 6.92 Å². The van der Waals surface area contributed by atoms with Crippen molar-refractivity contribution in [3.8, 4) is 5.75 Å². The highest BCUT2D eigenvalue weighted by Crippen LogP contribution is 2.20. The summed E-state index contributed by atoms with van der Waals surface area (Å²) < 4.78 is 5.17. The molecule has 2 heterocycles. The minimum Gasteiger partial charge on any atom is -0.497 e. The Labute approximate surface area is 140 Å². The van der Waals surface area contributed by atoms with Gasteiger partial charge in [-0.2, -0.15) is 0 Å². The van der Waals surface area contributed by atoms with Crippen LogP contribution in [-0.4, -0.2) is 49.1 Å². The number of H-pyrrole nitrogens is 1. The number of methoxy groups -OCH3 is 1. The van der Waals surface area contributed by atoms with E-state index in [1.54, 1.807) is 31.1 Å². The molecule has 0 unspecified atom stereocenters. The van der Waals surface area contributed by atoms with Gasteiger partial charge < -0.3 is 19.5 Å². The number of aryl methyl sites for hydroxylation is 1. The van der Waals surface area contributed by atoms with E-state index in [0.717, 1.165) is 30.2 Å². The molecule has 1 aromatic carbocycles. The highest BCUT2D eigenvalue weighted by atomic mass is 16.5. The van der Waals surface area contributed by atoms with Crippen LogP contribution in [-0.2, 0) is 0 Å². The Morgan fingerprint density at radius 3 is 2.29 bits per heavy atom. The topological polar surface area (TPSA) is 65.6 Å². The van der Waals surface area contributed by atoms with Gasteiger partial charge in [0.15, 0.2) is 0 Å². The summed E-state index contributed by atoms with van der Waals surface area (Å²) in [6.07, 6.45) is 0. The van der Waals surface area contributed by atoms with Crippen LogP contribution in [0.1, 0.15) is 16.1 Å². The monoisotopic (exact) mass is 327 g/mol. The van der Waals surface area contributed by atoms with Crippen LogP contribution < -0.4 is 15.2 Å². The lowest BCUT2D eigenvalue weighted by Gasteiger charge is -2.36. The van der Waals surface area contributed by atoms with Gasteiger partial charge in [0.05, 0.1) is 7.11 Å². The molecule has 1 N–H and O–H groups in total. The highest BCUT2D eigenvalue weighted by Gasteiger charge is 2.24. The summed E-state index contributed by atoms with van der Waals surface area (Å²) in [6, 6.07) is 11.2. The maximum Gasteiger partial charge on any atom is 0.260 e. The van der Waals surface area contributed by atoms with Gasteiger partial charge in [-0.15, -0.1) is 0 Å². The van der Waals surface area contributed by atoms with Crippen molar-refractivity contribution < 1.29 is 9.53 Å². The fourth-order valence-electron chi connectivity index (χ4n) is 2.87. The Morgan fingerprint density at radius 2 is 1.71 bits per heavy atom. The molecule has 0 saturated carbocycles. The van der Waals surface area contributed by atoms with Gasteiger partial charge >= 0.3 is 0 Å². The predicted molar refractivity (Wildman–Crippen MR) is 92.9 cm³/mol. The smallest absolute Gasteiger partial charge is 0.260 e. The molecule has 1 fully saturated rings. The van der Waals surface area contributed by atoms with Crippen molar-refractivity contribution in [2.75, 3.05) is 38.2 Å². The molecule has 2 aromatic rings. The molecule has 0 spiro atoms. The summed E-state index contributed by atoms with van der Waals surface area (Å²) in [6.45, 7) is 4.46. The maximum atomic E-state index is 12.5. The van der Waals surface area contributed by atoms with Crippen LogP contribution in [0.15, 0.2) is 41.2 Å². The van der Waals surface area contributed by atoms with Gasteiger partial charge in [0.25, 0.3) is 11.5 Å². The first-order valence-corrected chi connectivity index (χ1v) is 7.96. The third-order valence-electron chi connectivity index (χ3n) is 4.29. The van der Waals surface area contributed by atoms with E-state index in [-0.39, 0.29) is 17.0 Å². The summed E-state index contributed by atoms with van der Waals surface area (Å²) >= 11 is 0. The molecule has 1 aliphatic heterocycles. The number of aromatic amines is 1. The van der Waals surface area contributed by atoms with Gasteiger partial charge in [0.2, 0.25) is 0 Å². The quantitative estimate of drug-likeness (QED) is 0.931. The molecule has 1 saturated heterocycles. The molecule has 0 aliphatic carbocycles. The number of piperazine rings is 1. The largest absolute Gasteiger partial charge is 0.497 e. The Morgan fingerprint density at radius 1 is 1.04 bits per heavy atom. The summed E-state index contributed by atoms with van der Waals surface area (Å²) in [5, 5.41) is 0. The van der Waals surface area contributed by atoms with Crippen LogP contribution in [0.3, 0.4) is 0 Å². The van der Waals surface area contributed by atoms with Gasteiger partial charge in [-0.1, -0.05) is 0 Å². The molecular weight excluding hydrogens is 306 g/mol. The Kier molecular flexibility index (Phi) is 4.55. The lowest BCUT2D eigenvalue weighted by atomic mass is 10.2. The van der Waals surface area contributed by atoms with Crippen molar-refractivity contribution in [2.24, 2.45) is 0 Å². The van der Waals surface area contributed by atoms with Crippen LogP contribution in [0.4, 0.5) is 5.69 Å². The third kappa shape index (κ3) is 3.27. The Balaban J connectivity index is 1.65. The van der Waals surface area contributed by atoms with Crippen molar-refractivity contribution >= 4 is 11.6 Å². The van der Waals surface area contributed by atoms with Crippen molar-refractivity contribution in [3.63, 3.8) is 0 Å². The van der Waals surface area contributed by atoms with Crippen LogP contribution >= 0.6 is 0 Å². The number of carbonyl (C=O) groups is 1. The Hall–Kier alpha value is -2.76. The molecule has 6 nitrogen and oxygen atoms in total. The van der Waals surface area contributed by atoms with E-state index in [2.05, 4.69) is 9.88 Å². The lowest BCUT2D eigenvalue weighted by Crippen LogP contribution is -2.49. The SMILES string of the molecule is COc1ccc(N2CCN(C(=O)c3ccc(C)[nH]c3=O)CC2)cc1. The second-order valence-electron chi connectivity index (χ2n) is 5.86. The number of hydrogen-bond donors (Lipinski definition) is 1. The normalized spacial score (nSPS) is 14.6. The molecule has 0 bridgehead atoms. The maximum absolute atomic E-state index is 12.5.